The Bertz CT molecular complexity index is 271. The van der Waals surface area contributed by atoms with Gasteiger partial charge in [0.25, 0.3) is 0 Å². The van der Waals surface area contributed by atoms with Crippen molar-refractivity contribution in [2.45, 2.75) is 6.54 Å². The average molecular weight is 181 g/mol. The summed E-state index contributed by atoms with van der Waals surface area (Å²) < 4.78 is 0. The van der Waals surface area contributed by atoms with Crippen molar-refractivity contribution in [2.75, 3.05) is 14.1 Å². The molecule has 1 aromatic carbocycles. The Labute approximate surface area is 78.3 Å². The van der Waals surface area contributed by atoms with E-state index in [1.165, 1.54) is 0 Å². The van der Waals surface area contributed by atoms with E-state index < -0.39 is 0 Å². The Hall–Kier alpha value is -1.19. The number of carbonyl (C=O) groups is 1. The van der Waals surface area contributed by atoms with Crippen LogP contribution >= 0.6 is 0 Å². The van der Waals surface area contributed by atoms with Gasteiger partial charge in [-0.3, -0.25) is 4.79 Å². The normalized spacial score (nSPS) is 9.46. The molecule has 2 N–H and O–H groups in total. The van der Waals surface area contributed by atoms with Gasteiger partial charge in [0.05, 0.1) is 0 Å². The number of nitrogens with zero attached hydrogens (tertiary/aromatic N) is 1. The topological polar surface area (TPSA) is 51.8 Å². The third kappa shape index (κ3) is 3.36. The Morgan fingerprint density at radius 3 is 2.46 bits per heavy atom. The molecule has 0 atom stereocenters. The molecule has 1 aromatic rings. The minimum absolute atomic E-state index is 0. The molecular weight excluding hydrogens is 166 g/mol. The lowest BCUT2D eigenvalue weighted by Gasteiger charge is -2.10. The second-order valence-corrected chi connectivity index (χ2v) is 3.05. The van der Waals surface area contributed by atoms with E-state index in [-0.39, 0.29) is 5.48 Å². The third-order valence-corrected chi connectivity index (χ3v) is 1.67. The Morgan fingerprint density at radius 2 is 1.92 bits per heavy atom. The molecule has 0 aromatic heterocycles. The molecule has 0 saturated heterocycles. The zero-order valence-corrected chi connectivity index (χ0v) is 7.95. The first-order valence-electron chi connectivity index (χ1n) is 3.92. The second-order valence-electron chi connectivity index (χ2n) is 3.05. The zero-order chi connectivity index (χ0) is 8.97. The van der Waals surface area contributed by atoms with Gasteiger partial charge in [-0.1, -0.05) is 24.3 Å². The summed E-state index contributed by atoms with van der Waals surface area (Å²) in [5.41, 5.74) is 1.86. The van der Waals surface area contributed by atoms with Crippen LogP contribution < -0.4 is 0 Å². The third-order valence-electron chi connectivity index (χ3n) is 1.67. The molecule has 0 aliphatic carbocycles. The van der Waals surface area contributed by atoms with Crippen LogP contribution in [-0.2, 0) is 6.54 Å². The summed E-state index contributed by atoms with van der Waals surface area (Å²) in [5.74, 6) is 0. The van der Waals surface area contributed by atoms with Crippen molar-refractivity contribution < 1.29 is 10.3 Å². The largest absolute Gasteiger partial charge is 0.412 e. The van der Waals surface area contributed by atoms with Gasteiger partial charge in [-0.25, -0.2) is 0 Å². The van der Waals surface area contributed by atoms with Crippen molar-refractivity contribution in [1.82, 2.24) is 4.90 Å². The lowest BCUT2D eigenvalue weighted by Crippen LogP contribution is -2.12. The Balaban J connectivity index is 0.00000144. The van der Waals surface area contributed by atoms with Gasteiger partial charge in [0, 0.05) is 12.1 Å². The van der Waals surface area contributed by atoms with Crippen molar-refractivity contribution in [3.8, 4) is 0 Å². The van der Waals surface area contributed by atoms with E-state index in [0.29, 0.717) is 0 Å². The highest BCUT2D eigenvalue weighted by Crippen LogP contribution is 2.07. The molecule has 0 amide bonds. The number of hydrogen-bond acceptors (Lipinski definition) is 2. The summed E-state index contributed by atoms with van der Waals surface area (Å²) in [6, 6.07) is 7.64. The van der Waals surface area contributed by atoms with Gasteiger partial charge >= 0.3 is 0 Å². The highest BCUT2D eigenvalue weighted by molar-refractivity contribution is 5.77. The Morgan fingerprint density at radius 1 is 1.31 bits per heavy atom. The summed E-state index contributed by atoms with van der Waals surface area (Å²) in [7, 11) is 3.98. The maximum absolute atomic E-state index is 10.6. The van der Waals surface area contributed by atoms with E-state index >= 15 is 0 Å². The molecular formula is C10H15NO2. The maximum Gasteiger partial charge on any atom is 0.150 e. The van der Waals surface area contributed by atoms with Crippen LogP contribution in [0.3, 0.4) is 0 Å². The SMILES string of the molecule is CN(C)Cc1ccccc1C=O.O. The van der Waals surface area contributed by atoms with E-state index in [1.54, 1.807) is 0 Å². The van der Waals surface area contributed by atoms with Crippen LogP contribution in [-0.4, -0.2) is 30.8 Å². The zero-order valence-electron chi connectivity index (χ0n) is 7.95. The van der Waals surface area contributed by atoms with Gasteiger partial charge in [-0.2, -0.15) is 0 Å². The first-order valence-corrected chi connectivity index (χ1v) is 3.92. The minimum Gasteiger partial charge on any atom is -0.412 e. The van der Waals surface area contributed by atoms with Crippen molar-refractivity contribution >= 4 is 6.29 Å². The molecule has 0 aliphatic heterocycles. The van der Waals surface area contributed by atoms with E-state index in [4.69, 9.17) is 0 Å². The molecule has 0 unspecified atom stereocenters. The van der Waals surface area contributed by atoms with Crippen LogP contribution in [0.2, 0.25) is 0 Å². The number of carbonyl (C=O) groups excluding carboxylic acids is 1. The first-order chi connectivity index (χ1) is 5.74. The van der Waals surface area contributed by atoms with Crippen molar-refractivity contribution in [3.63, 3.8) is 0 Å². The van der Waals surface area contributed by atoms with E-state index in [2.05, 4.69) is 0 Å². The molecule has 0 spiro atoms. The van der Waals surface area contributed by atoms with Crippen LogP contribution in [0.25, 0.3) is 0 Å². The summed E-state index contributed by atoms with van der Waals surface area (Å²) in [5, 5.41) is 0. The van der Waals surface area contributed by atoms with Gasteiger partial charge in [-0.15, -0.1) is 0 Å². The highest BCUT2D eigenvalue weighted by atomic mass is 16.1. The molecule has 0 bridgehead atoms. The standard InChI is InChI=1S/C10H13NO.H2O/c1-11(2)7-9-5-3-4-6-10(9)8-12;/h3-6,8H,7H2,1-2H3;1H2. The van der Waals surface area contributed by atoms with E-state index in [9.17, 15) is 4.79 Å². The monoisotopic (exact) mass is 181 g/mol. The van der Waals surface area contributed by atoms with Crippen LogP contribution in [0, 0.1) is 0 Å². The summed E-state index contributed by atoms with van der Waals surface area (Å²) in [6.07, 6.45) is 0.902. The fourth-order valence-electron chi connectivity index (χ4n) is 1.13. The molecule has 3 heteroatoms. The number of hydrogen-bond donors (Lipinski definition) is 0. The predicted octanol–water partition coefficient (Wildman–Crippen LogP) is 0.736. The lowest BCUT2D eigenvalue weighted by molar-refractivity contribution is 0.112. The summed E-state index contributed by atoms with van der Waals surface area (Å²) in [4.78, 5) is 12.6. The van der Waals surface area contributed by atoms with Crippen molar-refractivity contribution in [3.05, 3.63) is 35.4 Å². The summed E-state index contributed by atoms with van der Waals surface area (Å²) >= 11 is 0. The molecule has 0 fully saturated rings. The number of rotatable bonds is 3. The molecule has 1 rings (SSSR count). The predicted molar refractivity (Wildman–Crippen MR) is 52.8 cm³/mol. The molecule has 72 valence electrons. The summed E-state index contributed by atoms with van der Waals surface area (Å²) in [6.45, 7) is 0.814. The molecule has 13 heavy (non-hydrogen) atoms. The Kier molecular flexibility index (Phi) is 4.96. The minimum atomic E-state index is 0. The number of aldehydes is 1. The first kappa shape index (κ1) is 11.8. The quantitative estimate of drug-likeness (QED) is 0.646. The molecule has 0 aliphatic rings. The van der Waals surface area contributed by atoms with E-state index in [1.807, 2.05) is 43.3 Å². The van der Waals surface area contributed by atoms with Crippen molar-refractivity contribution in [1.29, 1.82) is 0 Å². The molecule has 0 radical (unpaired) electrons. The van der Waals surface area contributed by atoms with Crippen LogP contribution in [0.5, 0.6) is 0 Å². The van der Waals surface area contributed by atoms with Gasteiger partial charge in [-0.05, 0) is 19.7 Å². The van der Waals surface area contributed by atoms with Gasteiger partial charge < -0.3 is 10.4 Å². The highest BCUT2D eigenvalue weighted by Gasteiger charge is 2.00. The average Bonchev–Trinajstić information content (AvgIpc) is 2.04. The fraction of sp³-hybridized carbons (Fsp3) is 0.300. The molecule has 0 heterocycles. The number of benzene rings is 1. The van der Waals surface area contributed by atoms with Gasteiger partial charge in [0.15, 0.2) is 0 Å². The van der Waals surface area contributed by atoms with Crippen LogP contribution in [0.15, 0.2) is 24.3 Å². The molecule has 0 saturated carbocycles. The second kappa shape index (κ2) is 5.45. The maximum atomic E-state index is 10.6. The van der Waals surface area contributed by atoms with Crippen molar-refractivity contribution in [2.24, 2.45) is 0 Å². The van der Waals surface area contributed by atoms with Crippen LogP contribution in [0.1, 0.15) is 15.9 Å². The van der Waals surface area contributed by atoms with Crippen LogP contribution in [0.4, 0.5) is 0 Å². The van der Waals surface area contributed by atoms with Gasteiger partial charge in [0.1, 0.15) is 6.29 Å². The molecule has 3 nitrogen and oxygen atoms in total. The van der Waals surface area contributed by atoms with Gasteiger partial charge in [0.2, 0.25) is 0 Å². The fourth-order valence-corrected chi connectivity index (χ4v) is 1.13. The van der Waals surface area contributed by atoms with E-state index in [0.717, 1.165) is 24.0 Å². The lowest BCUT2D eigenvalue weighted by atomic mass is 10.1. The smallest absolute Gasteiger partial charge is 0.150 e.